The van der Waals surface area contributed by atoms with Crippen molar-refractivity contribution in [3.05, 3.63) is 17.7 Å². The van der Waals surface area contributed by atoms with Gasteiger partial charge in [0.1, 0.15) is 5.82 Å². The predicted molar refractivity (Wildman–Crippen MR) is 44.6 cm³/mol. The van der Waals surface area contributed by atoms with Crippen LogP contribution in [-0.2, 0) is 6.54 Å². The Hall–Kier alpha value is -1.54. The van der Waals surface area contributed by atoms with Crippen molar-refractivity contribution in [1.82, 2.24) is 9.55 Å². The standard InChI is InChI=1S/C7H10N4O/c1-5(12)3-11-4-10-7(9-2)6(11)8/h4-5,12H,3,8H2,1H3/t5-/m0/s1. The summed E-state index contributed by atoms with van der Waals surface area (Å²) in [4.78, 5) is 6.87. The summed E-state index contributed by atoms with van der Waals surface area (Å²) in [6, 6.07) is 0. The average molecular weight is 166 g/mol. The number of hydrogen-bond donors (Lipinski definition) is 2. The van der Waals surface area contributed by atoms with E-state index >= 15 is 0 Å². The second-order valence-electron chi connectivity index (χ2n) is 2.57. The van der Waals surface area contributed by atoms with Gasteiger partial charge in [0.05, 0.1) is 12.6 Å². The van der Waals surface area contributed by atoms with E-state index in [1.807, 2.05) is 0 Å². The molecular formula is C7H10N4O. The highest BCUT2D eigenvalue weighted by atomic mass is 16.3. The van der Waals surface area contributed by atoms with E-state index in [0.717, 1.165) is 0 Å². The molecule has 5 heteroatoms. The van der Waals surface area contributed by atoms with Crippen LogP contribution in [0.3, 0.4) is 0 Å². The minimum atomic E-state index is -0.486. The molecule has 0 unspecified atom stereocenters. The normalized spacial score (nSPS) is 12.4. The molecule has 0 aliphatic rings. The molecule has 12 heavy (non-hydrogen) atoms. The molecule has 0 amide bonds. The number of aliphatic hydroxyl groups is 1. The number of aromatic nitrogens is 2. The maximum atomic E-state index is 9.03. The summed E-state index contributed by atoms with van der Waals surface area (Å²) in [6.45, 7) is 8.71. The van der Waals surface area contributed by atoms with Crippen LogP contribution in [0, 0.1) is 6.57 Å². The van der Waals surface area contributed by atoms with Crippen molar-refractivity contribution in [2.75, 3.05) is 5.73 Å². The quantitative estimate of drug-likeness (QED) is 0.625. The summed E-state index contributed by atoms with van der Waals surface area (Å²) in [7, 11) is 0. The number of nitrogen functional groups attached to an aromatic ring is 1. The van der Waals surface area contributed by atoms with Gasteiger partial charge in [-0.25, -0.2) is 0 Å². The van der Waals surface area contributed by atoms with E-state index in [-0.39, 0.29) is 5.82 Å². The number of nitrogens with two attached hydrogens (primary N) is 1. The van der Waals surface area contributed by atoms with Gasteiger partial charge in [-0.05, 0) is 6.92 Å². The molecule has 0 aliphatic carbocycles. The van der Waals surface area contributed by atoms with Crippen LogP contribution in [0.5, 0.6) is 0 Å². The molecule has 0 saturated heterocycles. The molecule has 0 aromatic carbocycles. The first-order chi connectivity index (χ1) is 5.65. The third kappa shape index (κ3) is 1.54. The largest absolute Gasteiger partial charge is 0.392 e. The van der Waals surface area contributed by atoms with Gasteiger partial charge in [0.2, 0.25) is 0 Å². The smallest absolute Gasteiger partial charge is 0.311 e. The van der Waals surface area contributed by atoms with Gasteiger partial charge in [0.25, 0.3) is 0 Å². The fraction of sp³-hybridized carbons (Fsp3) is 0.429. The number of hydrogen-bond acceptors (Lipinski definition) is 3. The Kier molecular flexibility index (Phi) is 2.31. The molecule has 0 saturated carbocycles. The first-order valence-electron chi connectivity index (χ1n) is 3.51. The Morgan fingerprint density at radius 2 is 2.58 bits per heavy atom. The summed E-state index contributed by atoms with van der Waals surface area (Å²) < 4.78 is 1.55. The lowest BCUT2D eigenvalue weighted by atomic mass is 10.4. The van der Waals surface area contributed by atoms with Gasteiger partial charge in [-0.3, -0.25) is 0 Å². The predicted octanol–water partition coefficient (Wildman–Crippen LogP) is 0.397. The molecule has 1 aromatic rings. The zero-order valence-corrected chi connectivity index (χ0v) is 6.73. The Morgan fingerprint density at radius 1 is 1.92 bits per heavy atom. The number of nitrogens with zero attached hydrogens (tertiary/aromatic N) is 3. The summed E-state index contributed by atoms with van der Waals surface area (Å²) >= 11 is 0. The van der Waals surface area contributed by atoms with Crippen LogP contribution in [0.25, 0.3) is 4.85 Å². The molecule has 1 heterocycles. The molecule has 3 N–H and O–H groups in total. The fourth-order valence-corrected chi connectivity index (χ4v) is 0.897. The van der Waals surface area contributed by atoms with Crippen LogP contribution in [0.4, 0.5) is 11.6 Å². The van der Waals surface area contributed by atoms with Gasteiger partial charge in [-0.2, -0.15) is 0 Å². The van der Waals surface area contributed by atoms with E-state index in [1.165, 1.54) is 6.33 Å². The Bertz CT molecular complexity index is 310. The molecule has 0 radical (unpaired) electrons. The van der Waals surface area contributed by atoms with Crippen molar-refractivity contribution >= 4 is 11.6 Å². The molecule has 0 bridgehead atoms. The van der Waals surface area contributed by atoms with Crippen LogP contribution < -0.4 is 5.73 Å². The number of aliphatic hydroxyl groups excluding tert-OH is 1. The highest BCUT2D eigenvalue weighted by molar-refractivity contribution is 5.57. The topological polar surface area (TPSA) is 68.4 Å². The summed E-state index contributed by atoms with van der Waals surface area (Å²) in [5, 5.41) is 9.03. The Morgan fingerprint density at radius 3 is 3.00 bits per heavy atom. The summed E-state index contributed by atoms with van der Waals surface area (Å²) in [5.74, 6) is 0.501. The molecule has 1 aromatic heterocycles. The lowest BCUT2D eigenvalue weighted by Crippen LogP contribution is -2.12. The molecule has 1 rings (SSSR count). The van der Waals surface area contributed by atoms with Crippen LogP contribution >= 0.6 is 0 Å². The second-order valence-corrected chi connectivity index (χ2v) is 2.57. The van der Waals surface area contributed by atoms with Gasteiger partial charge in [-0.15, -0.1) is 4.98 Å². The van der Waals surface area contributed by atoms with Crippen LogP contribution in [0.2, 0.25) is 0 Å². The van der Waals surface area contributed by atoms with E-state index in [9.17, 15) is 0 Å². The molecule has 1 atom stereocenters. The van der Waals surface area contributed by atoms with Crippen molar-refractivity contribution < 1.29 is 5.11 Å². The van der Waals surface area contributed by atoms with Crippen LogP contribution in [0.15, 0.2) is 6.33 Å². The van der Waals surface area contributed by atoms with Gasteiger partial charge in [-0.1, -0.05) is 6.57 Å². The third-order valence-electron chi connectivity index (χ3n) is 1.42. The molecule has 0 aliphatic heterocycles. The first kappa shape index (κ1) is 8.56. The SMILES string of the molecule is [C-]#[N+]c1ncn(C[C@H](C)O)c1N. The molecule has 0 spiro atoms. The zero-order valence-electron chi connectivity index (χ0n) is 6.73. The van der Waals surface area contributed by atoms with Gasteiger partial charge in [0, 0.05) is 0 Å². The van der Waals surface area contributed by atoms with E-state index in [2.05, 4.69) is 9.83 Å². The minimum absolute atomic E-state index is 0.190. The lowest BCUT2D eigenvalue weighted by molar-refractivity contribution is 0.174. The summed E-state index contributed by atoms with van der Waals surface area (Å²) in [6.07, 6.45) is 0.968. The molecular weight excluding hydrogens is 156 g/mol. The van der Waals surface area contributed by atoms with Crippen LogP contribution in [0.1, 0.15) is 6.92 Å². The molecule has 0 fully saturated rings. The van der Waals surface area contributed by atoms with Gasteiger partial charge < -0.3 is 20.3 Å². The van der Waals surface area contributed by atoms with Crippen LogP contribution in [-0.4, -0.2) is 20.8 Å². The first-order valence-corrected chi connectivity index (χ1v) is 3.51. The van der Waals surface area contributed by atoms with Gasteiger partial charge in [0.15, 0.2) is 6.33 Å². The number of imidazole rings is 1. The monoisotopic (exact) mass is 166 g/mol. The number of anilines is 1. The molecule has 5 nitrogen and oxygen atoms in total. The highest BCUT2D eigenvalue weighted by Gasteiger charge is 2.08. The maximum absolute atomic E-state index is 9.03. The highest BCUT2D eigenvalue weighted by Crippen LogP contribution is 2.18. The van der Waals surface area contributed by atoms with E-state index < -0.39 is 6.10 Å². The maximum Gasteiger partial charge on any atom is 0.311 e. The van der Waals surface area contributed by atoms with Crippen molar-refractivity contribution in [3.8, 4) is 0 Å². The van der Waals surface area contributed by atoms with Crippen molar-refractivity contribution in [2.45, 2.75) is 19.6 Å². The lowest BCUT2D eigenvalue weighted by Gasteiger charge is -2.05. The zero-order chi connectivity index (χ0) is 9.14. The Labute approximate surface area is 70.3 Å². The minimum Gasteiger partial charge on any atom is -0.392 e. The van der Waals surface area contributed by atoms with Gasteiger partial charge >= 0.3 is 5.82 Å². The van der Waals surface area contributed by atoms with Crippen molar-refractivity contribution in [1.29, 1.82) is 0 Å². The Balaban J connectivity index is 2.89. The van der Waals surface area contributed by atoms with Crippen molar-refractivity contribution in [2.24, 2.45) is 0 Å². The van der Waals surface area contributed by atoms with E-state index in [1.54, 1.807) is 11.5 Å². The van der Waals surface area contributed by atoms with E-state index in [4.69, 9.17) is 17.4 Å². The fourth-order valence-electron chi connectivity index (χ4n) is 0.897. The number of rotatable bonds is 2. The van der Waals surface area contributed by atoms with Crippen molar-refractivity contribution in [3.63, 3.8) is 0 Å². The average Bonchev–Trinajstić information content (AvgIpc) is 2.32. The third-order valence-corrected chi connectivity index (χ3v) is 1.42. The van der Waals surface area contributed by atoms with E-state index in [0.29, 0.717) is 12.4 Å². The molecule has 64 valence electrons. The summed E-state index contributed by atoms with van der Waals surface area (Å²) in [5.41, 5.74) is 5.54. The second kappa shape index (κ2) is 3.24.